The molecule has 0 aromatic carbocycles. The Morgan fingerprint density at radius 3 is 1.25 bits per heavy atom. The number of unbranched alkanes of at least 4 members (excludes halogenated alkanes) is 37. The van der Waals surface area contributed by atoms with Crippen LogP contribution < -0.4 is 5.32 Å². The van der Waals surface area contributed by atoms with E-state index in [1.807, 2.05) is 6.08 Å². The maximum absolute atomic E-state index is 13.0. The third kappa shape index (κ3) is 39.6. The SMILES string of the molecule is CCCCCCCCC/C=C/C(O)C(COC1OC(CO)C(O)C(O)C1O)NC(=O)CCCCCCCCCCCCCCCCCCC/C=C\C/C=C\CCCCCCCCCCCCCCC. The number of aliphatic hydroxyl groups excluding tert-OH is 5. The van der Waals surface area contributed by atoms with Crippen molar-refractivity contribution in [3.05, 3.63) is 36.5 Å². The molecule has 0 aliphatic carbocycles. The lowest BCUT2D eigenvalue weighted by molar-refractivity contribution is -0.302. The Balaban J connectivity index is 2.02. The summed E-state index contributed by atoms with van der Waals surface area (Å²) in [6.45, 7) is 3.76. The molecule has 0 aromatic heterocycles. The molecule has 9 heteroatoms. The molecule has 9 nitrogen and oxygen atoms in total. The lowest BCUT2D eigenvalue weighted by Gasteiger charge is -2.40. The van der Waals surface area contributed by atoms with E-state index in [0.29, 0.717) is 6.42 Å². The van der Waals surface area contributed by atoms with Gasteiger partial charge in [0.1, 0.15) is 24.4 Å². The molecule has 6 N–H and O–H groups in total. The van der Waals surface area contributed by atoms with E-state index >= 15 is 0 Å². The maximum atomic E-state index is 13.0. The fourth-order valence-electron chi connectivity index (χ4n) is 9.48. The summed E-state index contributed by atoms with van der Waals surface area (Å²) in [7, 11) is 0. The summed E-state index contributed by atoms with van der Waals surface area (Å²) in [5.74, 6) is -0.177. The molecule has 1 aliphatic rings. The summed E-state index contributed by atoms with van der Waals surface area (Å²) in [5.41, 5.74) is 0. The molecule has 1 aliphatic heterocycles. The molecule has 1 saturated heterocycles. The largest absolute Gasteiger partial charge is 0.394 e. The van der Waals surface area contributed by atoms with Gasteiger partial charge in [-0.25, -0.2) is 0 Å². The Kier molecular flexibility index (Phi) is 47.4. The van der Waals surface area contributed by atoms with Crippen LogP contribution in [0.4, 0.5) is 0 Å². The van der Waals surface area contributed by atoms with Crippen LogP contribution in [0.3, 0.4) is 0 Å². The van der Waals surface area contributed by atoms with Crippen LogP contribution in [-0.4, -0.2) is 87.5 Å². The van der Waals surface area contributed by atoms with Gasteiger partial charge in [0.25, 0.3) is 0 Å². The van der Waals surface area contributed by atoms with Crippen LogP contribution in [0, 0.1) is 0 Å². The van der Waals surface area contributed by atoms with Crippen LogP contribution in [0.1, 0.15) is 284 Å². The van der Waals surface area contributed by atoms with Crippen molar-refractivity contribution < 1.29 is 39.8 Å². The van der Waals surface area contributed by atoms with Gasteiger partial charge >= 0.3 is 0 Å². The number of carbonyl (C=O) groups excluding carboxylic acids is 1. The van der Waals surface area contributed by atoms with E-state index in [2.05, 4.69) is 43.5 Å². The topological polar surface area (TPSA) is 149 Å². The van der Waals surface area contributed by atoms with Gasteiger partial charge in [-0.05, 0) is 51.4 Å². The molecular formula is C60H113NO8. The molecule has 1 fully saturated rings. The lowest BCUT2D eigenvalue weighted by atomic mass is 9.99. The average Bonchev–Trinajstić information content (AvgIpc) is 3.35. The predicted octanol–water partition coefficient (Wildman–Crippen LogP) is 14.7. The van der Waals surface area contributed by atoms with Crippen LogP contribution in [0.15, 0.2) is 36.5 Å². The molecule has 0 radical (unpaired) electrons. The molecule has 406 valence electrons. The summed E-state index contributed by atoms with van der Waals surface area (Å²) in [4.78, 5) is 13.0. The molecular weight excluding hydrogens is 863 g/mol. The van der Waals surface area contributed by atoms with Crippen molar-refractivity contribution in [1.82, 2.24) is 5.32 Å². The van der Waals surface area contributed by atoms with E-state index < -0.39 is 49.5 Å². The number of aliphatic hydroxyl groups is 5. The lowest BCUT2D eigenvalue weighted by Crippen LogP contribution is -2.60. The Labute approximate surface area is 425 Å². The van der Waals surface area contributed by atoms with Gasteiger partial charge in [-0.15, -0.1) is 0 Å². The van der Waals surface area contributed by atoms with Gasteiger partial charge in [-0.3, -0.25) is 4.79 Å². The Bertz CT molecular complexity index is 1180. The van der Waals surface area contributed by atoms with Gasteiger partial charge < -0.3 is 40.3 Å². The molecule has 0 bridgehead atoms. The highest BCUT2D eigenvalue weighted by molar-refractivity contribution is 5.76. The fraction of sp³-hybridized carbons (Fsp3) is 0.883. The number of hydrogen-bond acceptors (Lipinski definition) is 8. The van der Waals surface area contributed by atoms with Crippen molar-refractivity contribution in [2.24, 2.45) is 0 Å². The van der Waals surface area contributed by atoms with Gasteiger partial charge in [0.05, 0.1) is 25.4 Å². The van der Waals surface area contributed by atoms with E-state index in [4.69, 9.17) is 9.47 Å². The summed E-state index contributed by atoms with van der Waals surface area (Å²) in [6.07, 6.45) is 58.3. The Morgan fingerprint density at radius 1 is 0.493 bits per heavy atom. The molecule has 1 rings (SSSR count). The summed E-state index contributed by atoms with van der Waals surface area (Å²) >= 11 is 0. The monoisotopic (exact) mass is 976 g/mol. The number of rotatable bonds is 51. The van der Waals surface area contributed by atoms with Gasteiger partial charge in [-0.1, -0.05) is 262 Å². The van der Waals surface area contributed by atoms with Gasteiger partial charge in [0.15, 0.2) is 6.29 Å². The second-order valence-electron chi connectivity index (χ2n) is 20.8. The number of nitrogens with one attached hydrogen (secondary N) is 1. The van der Waals surface area contributed by atoms with Crippen LogP contribution >= 0.6 is 0 Å². The van der Waals surface area contributed by atoms with Crippen LogP contribution in [-0.2, 0) is 14.3 Å². The molecule has 1 heterocycles. The minimum atomic E-state index is -1.56. The number of carbonyl (C=O) groups is 1. The highest BCUT2D eigenvalue weighted by Gasteiger charge is 2.44. The van der Waals surface area contributed by atoms with Crippen molar-refractivity contribution >= 4 is 5.91 Å². The van der Waals surface area contributed by atoms with Gasteiger partial charge in [0, 0.05) is 6.42 Å². The number of allylic oxidation sites excluding steroid dienone is 5. The molecule has 0 aromatic rings. The number of hydrogen-bond donors (Lipinski definition) is 6. The fourth-order valence-corrected chi connectivity index (χ4v) is 9.48. The van der Waals surface area contributed by atoms with Gasteiger partial charge in [-0.2, -0.15) is 0 Å². The summed E-state index contributed by atoms with van der Waals surface area (Å²) in [6, 6.07) is -0.801. The highest BCUT2D eigenvalue weighted by atomic mass is 16.7. The number of ether oxygens (including phenoxy) is 2. The summed E-state index contributed by atoms with van der Waals surface area (Å²) < 4.78 is 11.2. The maximum Gasteiger partial charge on any atom is 0.220 e. The first kappa shape index (κ1) is 65.4. The molecule has 7 atom stereocenters. The first-order valence-corrected chi connectivity index (χ1v) is 29.7. The van der Waals surface area contributed by atoms with Crippen LogP contribution in [0.2, 0.25) is 0 Å². The molecule has 1 amide bonds. The Hall–Kier alpha value is -1.59. The smallest absolute Gasteiger partial charge is 0.220 e. The van der Waals surface area contributed by atoms with Crippen molar-refractivity contribution in [2.45, 2.75) is 326 Å². The predicted molar refractivity (Wildman–Crippen MR) is 290 cm³/mol. The highest BCUT2D eigenvalue weighted by Crippen LogP contribution is 2.23. The van der Waals surface area contributed by atoms with Crippen molar-refractivity contribution in [1.29, 1.82) is 0 Å². The zero-order valence-corrected chi connectivity index (χ0v) is 45.1. The van der Waals surface area contributed by atoms with E-state index in [-0.39, 0.29) is 12.5 Å². The van der Waals surface area contributed by atoms with Crippen LogP contribution in [0.5, 0.6) is 0 Å². The van der Waals surface area contributed by atoms with Crippen molar-refractivity contribution in [2.75, 3.05) is 13.2 Å². The number of amides is 1. The van der Waals surface area contributed by atoms with E-state index in [1.165, 1.54) is 218 Å². The minimum Gasteiger partial charge on any atom is -0.394 e. The third-order valence-corrected chi connectivity index (χ3v) is 14.2. The normalized spacial score (nSPS) is 19.7. The quantitative estimate of drug-likeness (QED) is 0.0261. The van der Waals surface area contributed by atoms with E-state index in [9.17, 15) is 30.3 Å². The molecule has 0 saturated carbocycles. The minimum absolute atomic E-state index is 0.177. The molecule has 69 heavy (non-hydrogen) atoms. The molecule has 0 spiro atoms. The zero-order chi connectivity index (χ0) is 50.1. The van der Waals surface area contributed by atoms with Crippen molar-refractivity contribution in [3.63, 3.8) is 0 Å². The summed E-state index contributed by atoms with van der Waals surface area (Å²) in [5, 5.41) is 54.2. The standard InChI is InChI=1S/C60H113NO8/c1-3-5-7-9-11-13-14-15-16-17-18-19-20-21-22-23-24-25-26-27-28-29-30-31-32-33-34-35-36-37-38-39-40-42-44-46-48-50-56(64)61-53(54(63)49-47-45-43-41-12-10-8-6-4-2)52-68-60-59(67)58(66)57(65)55(51-62)69-60/h22-23,25-26,47,49,53-55,57-60,62-63,65-67H,3-21,24,27-46,48,50-52H2,1-2H3,(H,61,64)/b23-22-,26-25-,49-47+. The average molecular weight is 977 g/mol. The first-order valence-electron chi connectivity index (χ1n) is 29.7. The third-order valence-electron chi connectivity index (χ3n) is 14.2. The van der Waals surface area contributed by atoms with Crippen LogP contribution in [0.25, 0.3) is 0 Å². The second kappa shape index (κ2) is 50.0. The first-order chi connectivity index (χ1) is 33.8. The van der Waals surface area contributed by atoms with Gasteiger partial charge in [0.2, 0.25) is 5.91 Å². The molecule has 7 unspecified atom stereocenters. The second-order valence-corrected chi connectivity index (χ2v) is 20.8. The van der Waals surface area contributed by atoms with E-state index in [0.717, 1.165) is 44.9 Å². The Morgan fingerprint density at radius 2 is 0.855 bits per heavy atom. The van der Waals surface area contributed by atoms with Crippen molar-refractivity contribution in [3.8, 4) is 0 Å². The zero-order valence-electron chi connectivity index (χ0n) is 45.1. The van der Waals surface area contributed by atoms with E-state index in [1.54, 1.807) is 6.08 Å².